The third-order valence-electron chi connectivity index (χ3n) is 6.30. The van der Waals surface area contributed by atoms with Crippen molar-refractivity contribution in [2.45, 2.75) is 26.7 Å². The van der Waals surface area contributed by atoms with Gasteiger partial charge in [0.25, 0.3) is 5.91 Å². The Morgan fingerprint density at radius 3 is 2.47 bits per heavy atom. The van der Waals surface area contributed by atoms with E-state index in [1.54, 1.807) is 4.90 Å². The van der Waals surface area contributed by atoms with Crippen molar-refractivity contribution >= 4 is 40.3 Å². The summed E-state index contributed by atoms with van der Waals surface area (Å²) < 4.78 is 8.32. The first kappa shape index (κ1) is 25.9. The number of ether oxygens (including phenoxy) is 1. The minimum Gasteiger partial charge on any atom is -0.493 e. The van der Waals surface area contributed by atoms with E-state index >= 15 is 0 Å². The maximum absolute atomic E-state index is 13.4. The second-order valence-electron chi connectivity index (χ2n) is 9.11. The van der Waals surface area contributed by atoms with Crippen LogP contribution >= 0.6 is 24.0 Å². The Morgan fingerprint density at radius 1 is 1.03 bits per heavy atom. The highest BCUT2D eigenvalue weighted by Crippen LogP contribution is 2.36. The van der Waals surface area contributed by atoms with Crippen molar-refractivity contribution in [2.24, 2.45) is 0 Å². The van der Waals surface area contributed by atoms with Crippen LogP contribution in [0.15, 0.2) is 90.0 Å². The van der Waals surface area contributed by atoms with E-state index in [4.69, 9.17) is 22.1 Å². The fraction of sp³-hybridized carbons (Fsp3) is 0.194. The topological polar surface area (TPSA) is 47.4 Å². The van der Waals surface area contributed by atoms with Gasteiger partial charge in [-0.1, -0.05) is 79.4 Å². The molecule has 0 unspecified atom stereocenters. The maximum atomic E-state index is 13.4. The summed E-state index contributed by atoms with van der Waals surface area (Å²) >= 11 is 6.94. The molecule has 0 radical (unpaired) electrons. The molecule has 1 saturated heterocycles. The van der Waals surface area contributed by atoms with Crippen LogP contribution in [0.2, 0.25) is 0 Å². The minimum absolute atomic E-state index is 0.0613. The fourth-order valence-corrected chi connectivity index (χ4v) is 5.62. The number of hydrogen-bond acceptors (Lipinski definition) is 5. The molecule has 5 nitrogen and oxygen atoms in total. The van der Waals surface area contributed by atoms with Crippen molar-refractivity contribution < 1.29 is 9.53 Å². The quantitative estimate of drug-likeness (QED) is 0.168. The second-order valence-corrected chi connectivity index (χ2v) is 10.8. The predicted octanol–water partition coefficient (Wildman–Crippen LogP) is 7.08. The molecule has 38 heavy (non-hydrogen) atoms. The highest BCUT2D eigenvalue weighted by Gasteiger charge is 2.32. The zero-order valence-corrected chi connectivity index (χ0v) is 23.1. The van der Waals surface area contributed by atoms with Gasteiger partial charge in [-0.3, -0.25) is 9.69 Å². The third-order valence-corrected chi connectivity index (χ3v) is 7.68. The zero-order chi connectivity index (χ0) is 26.5. The molecule has 0 saturated carbocycles. The van der Waals surface area contributed by atoms with Gasteiger partial charge in [-0.2, -0.15) is 5.10 Å². The number of aryl methyl sites for hydroxylation is 1. The van der Waals surface area contributed by atoms with E-state index in [9.17, 15) is 4.79 Å². The summed E-state index contributed by atoms with van der Waals surface area (Å²) in [6, 6.07) is 26.2. The van der Waals surface area contributed by atoms with Gasteiger partial charge in [-0.15, -0.1) is 0 Å². The molecule has 0 spiro atoms. The average molecular weight is 540 g/mol. The lowest BCUT2D eigenvalue weighted by Gasteiger charge is -2.14. The molecule has 1 fully saturated rings. The zero-order valence-electron chi connectivity index (χ0n) is 21.5. The number of rotatable bonds is 9. The minimum atomic E-state index is -0.0613. The molecule has 5 rings (SSSR count). The van der Waals surface area contributed by atoms with Crippen LogP contribution < -0.4 is 4.74 Å². The van der Waals surface area contributed by atoms with Crippen molar-refractivity contribution in [3.63, 3.8) is 0 Å². The summed E-state index contributed by atoms with van der Waals surface area (Å²) in [5.41, 5.74) is 5.80. The molecule has 0 aliphatic carbocycles. The summed E-state index contributed by atoms with van der Waals surface area (Å²) in [4.78, 5) is 15.7. The maximum Gasteiger partial charge on any atom is 0.266 e. The number of aromatic nitrogens is 2. The van der Waals surface area contributed by atoms with Gasteiger partial charge in [0.2, 0.25) is 0 Å². The van der Waals surface area contributed by atoms with Gasteiger partial charge in [-0.05, 0) is 67.3 Å². The number of carbonyl (C=O) groups excluding carboxylic acids is 1. The number of para-hydroxylation sites is 1. The van der Waals surface area contributed by atoms with Crippen molar-refractivity contribution in [3.8, 4) is 22.7 Å². The number of thioether (sulfide) groups is 1. The van der Waals surface area contributed by atoms with E-state index in [2.05, 4.69) is 25.1 Å². The van der Waals surface area contributed by atoms with Crippen LogP contribution in [0.4, 0.5) is 0 Å². The Hall–Kier alpha value is -3.68. The molecule has 2 heterocycles. The smallest absolute Gasteiger partial charge is 0.266 e. The fourth-order valence-electron chi connectivity index (χ4n) is 4.32. The number of nitrogens with zero attached hydrogens (tertiary/aromatic N) is 3. The molecule has 3 aromatic carbocycles. The molecule has 1 amide bonds. The van der Waals surface area contributed by atoms with Gasteiger partial charge < -0.3 is 4.74 Å². The normalized spacial score (nSPS) is 14.5. The van der Waals surface area contributed by atoms with Crippen LogP contribution in [0.1, 0.15) is 30.0 Å². The molecule has 4 aromatic rings. The van der Waals surface area contributed by atoms with Gasteiger partial charge >= 0.3 is 0 Å². The van der Waals surface area contributed by atoms with E-state index < -0.39 is 0 Å². The summed E-state index contributed by atoms with van der Waals surface area (Å²) in [6.45, 7) is 5.37. The van der Waals surface area contributed by atoms with E-state index in [0.717, 1.165) is 46.7 Å². The summed E-state index contributed by atoms with van der Waals surface area (Å²) in [5.74, 6) is 0.813. The lowest BCUT2D eigenvalue weighted by molar-refractivity contribution is -0.122. The van der Waals surface area contributed by atoms with Crippen LogP contribution in [0.25, 0.3) is 23.0 Å². The molecule has 0 atom stereocenters. The van der Waals surface area contributed by atoms with Gasteiger partial charge in [0.05, 0.1) is 17.2 Å². The van der Waals surface area contributed by atoms with Crippen LogP contribution in [-0.4, -0.2) is 38.1 Å². The third kappa shape index (κ3) is 5.74. The van der Waals surface area contributed by atoms with Crippen molar-refractivity contribution in [3.05, 3.63) is 107 Å². The molecule has 7 heteroatoms. The van der Waals surface area contributed by atoms with Crippen molar-refractivity contribution in [2.75, 3.05) is 13.2 Å². The van der Waals surface area contributed by atoms with E-state index in [-0.39, 0.29) is 5.91 Å². The summed E-state index contributed by atoms with van der Waals surface area (Å²) in [7, 11) is 0. The lowest BCUT2D eigenvalue weighted by atomic mass is 10.0. The lowest BCUT2D eigenvalue weighted by Crippen LogP contribution is -2.30. The van der Waals surface area contributed by atoms with Crippen LogP contribution in [0.3, 0.4) is 0 Å². The molecule has 0 bridgehead atoms. The molecule has 1 aliphatic heterocycles. The Bertz CT molecular complexity index is 1480. The first-order valence-electron chi connectivity index (χ1n) is 12.7. The number of carbonyl (C=O) groups is 1. The number of benzene rings is 3. The standard InChI is InChI=1S/C31H29N3O2S2/c1-3-18-36-27-15-14-24(19-22(27)2)29-25(21-34(32-29)26-12-8-5-9-13-26)20-28-30(35)33(31(37)38-28)17-16-23-10-6-4-7-11-23/h4-15,19-21H,3,16-18H2,1-2H3/b28-20+. The Labute approximate surface area is 233 Å². The second kappa shape index (κ2) is 11.8. The van der Waals surface area contributed by atoms with E-state index in [0.29, 0.717) is 22.4 Å². The molecule has 192 valence electrons. The Balaban J connectivity index is 1.47. The Kier molecular flexibility index (Phi) is 8.05. The van der Waals surface area contributed by atoms with E-state index in [1.165, 1.54) is 17.3 Å². The highest BCUT2D eigenvalue weighted by molar-refractivity contribution is 8.26. The van der Waals surface area contributed by atoms with Gasteiger partial charge in [0.15, 0.2) is 0 Å². The number of hydrogen-bond donors (Lipinski definition) is 0. The first-order chi connectivity index (χ1) is 18.5. The summed E-state index contributed by atoms with van der Waals surface area (Å²) in [6.07, 6.45) is 5.60. The monoisotopic (exact) mass is 539 g/mol. The highest BCUT2D eigenvalue weighted by atomic mass is 32.2. The van der Waals surface area contributed by atoms with Gasteiger partial charge in [0, 0.05) is 23.9 Å². The van der Waals surface area contributed by atoms with E-state index in [1.807, 2.05) is 84.5 Å². The SMILES string of the molecule is CCCOc1ccc(-c2nn(-c3ccccc3)cc2/C=C2/SC(=S)N(CCc3ccccc3)C2=O)cc1C. The molecule has 0 N–H and O–H groups in total. The molecular weight excluding hydrogens is 510 g/mol. The van der Waals surface area contributed by atoms with Gasteiger partial charge in [-0.25, -0.2) is 4.68 Å². The summed E-state index contributed by atoms with van der Waals surface area (Å²) in [5, 5.41) is 4.93. The largest absolute Gasteiger partial charge is 0.493 e. The molecular formula is C31H29N3O2S2. The number of amides is 1. The predicted molar refractivity (Wildman–Crippen MR) is 160 cm³/mol. The number of thiocarbonyl (C=S) groups is 1. The van der Waals surface area contributed by atoms with Crippen LogP contribution in [0.5, 0.6) is 5.75 Å². The van der Waals surface area contributed by atoms with Crippen LogP contribution in [0, 0.1) is 6.92 Å². The van der Waals surface area contributed by atoms with Gasteiger partial charge in [0.1, 0.15) is 15.8 Å². The van der Waals surface area contributed by atoms with Crippen molar-refractivity contribution in [1.82, 2.24) is 14.7 Å². The average Bonchev–Trinajstić information content (AvgIpc) is 3.48. The Morgan fingerprint density at radius 2 is 1.76 bits per heavy atom. The molecule has 1 aliphatic rings. The van der Waals surface area contributed by atoms with Crippen molar-refractivity contribution in [1.29, 1.82) is 0 Å². The first-order valence-corrected chi connectivity index (χ1v) is 13.9. The van der Waals surface area contributed by atoms with Crippen LogP contribution in [-0.2, 0) is 11.2 Å². The molecule has 1 aromatic heterocycles.